The molecule has 86 valence electrons. The Morgan fingerprint density at radius 1 is 1.56 bits per heavy atom. The van der Waals surface area contributed by atoms with Gasteiger partial charge in [0, 0.05) is 18.2 Å². The molecule has 1 amide bonds. The molecule has 1 fully saturated rings. The second-order valence-corrected chi connectivity index (χ2v) is 5.13. The van der Waals surface area contributed by atoms with Crippen LogP contribution < -0.4 is 18.9 Å². The number of nitrogens with zero attached hydrogens (tertiary/aromatic N) is 1. The molecule has 1 heterocycles. The summed E-state index contributed by atoms with van der Waals surface area (Å²) in [6.45, 7) is 4.14. The molecule has 0 aromatic heterocycles. The van der Waals surface area contributed by atoms with Gasteiger partial charge in [-0.3, -0.25) is 4.79 Å². The van der Waals surface area contributed by atoms with Crippen LogP contribution >= 0.6 is 0 Å². The van der Waals surface area contributed by atoms with Crippen molar-refractivity contribution in [3.63, 3.8) is 0 Å². The zero-order chi connectivity index (χ0) is 11.5. The minimum Gasteiger partial charge on any atom is -0.748 e. The molecule has 16 heavy (non-hydrogen) atoms. The van der Waals surface area contributed by atoms with E-state index in [0.29, 0.717) is 19.4 Å². The van der Waals surface area contributed by atoms with Crippen molar-refractivity contribution >= 4 is 16.0 Å². The average molecular weight is 239 g/mol. The third-order valence-corrected chi connectivity index (χ3v) is 3.31. The fourth-order valence-corrected chi connectivity index (χ4v) is 2.24. The van der Waals surface area contributed by atoms with Crippen LogP contribution in [-0.4, -0.2) is 36.1 Å². The summed E-state index contributed by atoms with van der Waals surface area (Å²) in [5, 5.41) is 0. The van der Waals surface area contributed by atoms with Crippen LogP contribution in [0, 0.1) is 5.92 Å². The van der Waals surface area contributed by atoms with Gasteiger partial charge in [-0.1, -0.05) is 6.58 Å². The van der Waals surface area contributed by atoms with Gasteiger partial charge < -0.3 is 9.45 Å². The minimum absolute atomic E-state index is 0. The zero-order valence-electron chi connectivity index (χ0n) is 9.39. The Balaban J connectivity index is 0.00000225. The summed E-state index contributed by atoms with van der Waals surface area (Å²) in [6.07, 6.45) is 2.91. The molecule has 1 atom stereocenters. The molecule has 0 aromatic carbocycles. The molecular weight excluding hydrogens is 225 g/mol. The summed E-state index contributed by atoms with van der Waals surface area (Å²) >= 11 is 0. The molecule has 0 aromatic rings. The van der Waals surface area contributed by atoms with Gasteiger partial charge in [0.25, 0.3) is 0 Å². The molecule has 0 radical (unpaired) electrons. The summed E-state index contributed by atoms with van der Waals surface area (Å²) in [5.74, 6) is -0.553. The summed E-state index contributed by atoms with van der Waals surface area (Å²) in [6, 6.07) is 0. The third-order valence-electron chi connectivity index (χ3n) is 2.52. The molecule has 7 heteroatoms. The molecule has 0 saturated carbocycles. The monoisotopic (exact) mass is 239 g/mol. The zero-order valence-corrected chi connectivity index (χ0v) is 10.2. The Labute approximate surface area is 108 Å². The van der Waals surface area contributed by atoms with Crippen molar-refractivity contribution in [3.8, 4) is 0 Å². The smallest absolute Gasteiger partial charge is 0.748 e. The number of hydrogen-bond donors (Lipinski definition) is 0. The number of rotatable bonds is 5. The average Bonchev–Trinajstić information content (AvgIpc) is 2.46. The van der Waals surface area contributed by atoms with Crippen LogP contribution in [0.15, 0.2) is 12.8 Å². The summed E-state index contributed by atoms with van der Waals surface area (Å²) < 4.78 is 31.0. The Morgan fingerprint density at radius 2 is 2.19 bits per heavy atom. The Bertz CT molecular complexity index is 355. The van der Waals surface area contributed by atoms with Crippen LogP contribution in [0.3, 0.4) is 0 Å². The third kappa shape index (κ3) is 4.70. The maximum Gasteiger partial charge on any atom is 1.00 e. The first-order chi connectivity index (χ1) is 6.94. The fourth-order valence-electron chi connectivity index (χ4n) is 1.72. The van der Waals surface area contributed by atoms with E-state index in [1.54, 1.807) is 0 Å². The van der Waals surface area contributed by atoms with E-state index in [1.165, 1.54) is 11.1 Å². The largest absolute Gasteiger partial charge is 1.00 e. The molecule has 0 spiro atoms. The van der Waals surface area contributed by atoms with Crippen molar-refractivity contribution in [3.05, 3.63) is 12.8 Å². The number of amides is 1. The van der Waals surface area contributed by atoms with Gasteiger partial charge in [-0.2, -0.15) is 0 Å². The van der Waals surface area contributed by atoms with Gasteiger partial charge in [-0.25, -0.2) is 8.42 Å². The van der Waals surface area contributed by atoms with Crippen molar-refractivity contribution in [2.24, 2.45) is 5.92 Å². The van der Waals surface area contributed by atoms with Gasteiger partial charge in [-0.15, -0.1) is 0 Å². The van der Waals surface area contributed by atoms with Crippen molar-refractivity contribution < 1.29 is 36.6 Å². The summed E-state index contributed by atoms with van der Waals surface area (Å²) in [4.78, 5) is 13.0. The SMILES string of the molecule is C=CN1CCC(CCCS(=O)(=O)[O-])C1=O.[Li+]. The number of hydrogen-bond acceptors (Lipinski definition) is 4. The minimum atomic E-state index is -4.15. The molecule has 1 saturated heterocycles. The van der Waals surface area contributed by atoms with Crippen molar-refractivity contribution in [1.29, 1.82) is 0 Å². The maximum atomic E-state index is 11.5. The first-order valence-electron chi connectivity index (χ1n) is 4.80. The van der Waals surface area contributed by atoms with Crippen LogP contribution in [0.5, 0.6) is 0 Å². The van der Waals surface area contributed by atoms with Crippen molar-refractivity contribution in [2.45, 2.75) is 19.3 Å². The van der Waals surface area contributed by atoms with Crippen LogP contribution in [-0.2, 0) is 14.9 Å². The summed E-state index contributed by atoms with van der Waals surface area (Å²) in [5.41, 5.74) is 0. The van der Waals surface area contributed by atoms with Gasteiger partial charge in [0.1, 0.15) is 0 Å². The van der Waals surface area contributed by atoms with Gasteiger partial charge >= 0.3 is 18.9 Å². The van der Waals surface area contributed by atoms with Crippen LogP contribution in [0.4, 0.5) is 0 Å². The summed E-state index contributed by atoms with van der Waals surface area (Å²) in [7, 11) is -4.15. The molecule has 1 aliphatic heterocycles. The molecule has 0 aliphatic carbocycles. The first kappa shape index (κ1) is 15.7. The van der Waals surface area contributed by atoms with Crippen LogP contribution in [0.25, 0.3) is 0 Å². The van der Waals surface area contributed by atoms with E-state index in [9.17, 15) is 17.8 Å². The van der Waals surface area contributed by atoms with E-state index in [0.717, 1.165) is 0 Å². The molecule has 1 rings (SSSR count). The van der Waals surface area contributed by atoms with E-state index >= 15 is 0 Å². The van der Waals surface area contributed by atoms with Crippen molar-refractivity contribution in [2.75, 3.05) is 12.3 Å². The Hall–Kier alpha value is -0.283. The number of likely N-dealkylation sites (tertiary alicyclic amines) is 1. The van der Waals surface area contributed by atoms with Gasteiger partial charge in [0.2, 0.25) is 5.91 Å². The van der Waals surface area contributed by atoms with Gasteiger partial charge in [-0.05, 0) is 25.5 Å². The van der Waals surface area contributed by atoms with Crippen LogP contribution in [0.2, 0.25) is 0 Å². The predicted molar refractivity (Wildman–Crippen MR) is 53.8 cm³/mol. The molecule has 1 aliphatic rings. The van der Waals surface area contributed by atoms with E-state index in [4.69, 9.17) is 0 Å². The fraction of sp³-hybridized carbons (Fsp3) is 0.667. The van der Waals surface area contributed by atoms with Crippen LogP contribution in [0.1, 0.15) is 19.3 Å². The molecular formula is C9H14LiNO4S. The van der Waals surface area contributed by atoms with Gasteiger partial charge in [0.05, 0.1) is 10.1 Å². The standard InChI is InChI=1S/C9H15NO4S.Li/c1-2-10-6-5-8(9(10)11)4-3-7-15(12,13)14;/h2,8H,1,3-7H2,(H,12,13,14);/q;+1/p-1. The second-order valence-electron chi connectivity index (χ2n) is 3.60. The number of carbonyl (C=O) groups excluding carboxylic acids is 1. The molecule has 5 nitrogen and oxygen atoms in total. The van der Waals surface area contributed by atoms with E-state index in [1.807, 2.05) is 0 Å². The number of carbonyl (C=O) groups is 1. The van der Waals surface area contributed by atoms with Crippen molar-refractivity contribution in [1.82, 2.24) is 4.90 Å². The topological polar surface area (TPSA) is 77.5 Å². The quantitative estimate of drug-likeness (QED) is 0.386. The van der Waals surface area contributed by atoms with E-state index in [-0.39, 0.29) is 42.9 Å². The molecule has 1 unspecified atom stereocenters. The normalized spacial score (nSPS) is 20.7. The van der Waals surface area contributed by atoms with Gasteiger partial charge in [0.15, 0.2) is 0 Å². The second kappa shape index (κ2) is 6.45. The van der Waals surface area contributed by atoms with E-state index < -0.39 is 10.1 Å². The first-order valence-corrected chi connectivity index (χ1v) is 6.38. The Morgan fingerprint density at radius 3 is 2.62 bits per heavy atom. The maximum absolute atomic E-state index is 11.5. The van der Waals surface area contributed by atoms with E-state index in [2.05, 4.69) is 6.58 Å². The molecule has 0 N–H and O–H groups in total. The Kier molecular flexibility index (Phi) is 6.34. The molecule has 0 bridgehead atoms. The predicted octanol–water partition coefficient (Wildman–Crippen LogP) is -2.69.